The van der Waals surface area contributed by atoms with E-state index in [0.717, 1.165) is 29.4 Å². The van der Waals surface area contributed by atoms with Gasteiger partial charge in [0.05, 0.1) is 0 Å². The van der Waals surface area contributed by atoms with Crippen LogP contribution in [-0.4, -0.2) is 29.1 Å². The first-order valence-corrected chi connectivity index (χ1v) is 13.4. The molecule has 2 fully saturated rings. The van der Waals surface area contributed by atoms with Gasteiger partial charge in [-0.15, -0.1) is 0 Å². The van der Waals surface area contributed by atoms with Crippen molar-refractivity contribution in [1.82, 2.24) is 4.90 Å². The zero-order valence-corrected chi connectivity index (χ0v) is 21.2. The van der Waals surface area contributed by atoms with Crippen molar-refractivity contribution in [2.75, 3.05) is 13.1 Å². The number of para-hydroxylation sites is 1. The smallest absolute Gasteiger partial charge is 0.307 e. The molecule has 2 aromatic rings. The summed E-state index contributed by atoms with van der Waals surface area (Å²) in [4.78, 5) is 1.66. The van der Waals surface area contributed by atoms with Crippen LogP contribution in [0.3, 0.4) is 0 Å². The molecule has 0 heterocycles. The second kappa shape index (κ2) is 8.86. The van der Waals surface area contributed by atoms with Crippen LogP contribution in [0, 0.1) is 17.3 Å². The molecule has 0 aliphatic heterocycles. The number of ether oxygens (including phenoxy) is 1. The predicted molar refractivity (Wildman–Crippen MR) is 136 cm³/mol. The number of alkyl halides is 1. The topological polar surface area (TPSA) is 32.7 Å². The van der Waals surface area contributed by atoms with Gasteiger partial charge in [0.1, 0.15) is 11.5 Å². The Balaban J connectivity index is 1.54. The SMILES string of the molecule is CCN(CC)C(C)(F)Oc1ccccc1-c1c(O)ccc2c1CC[C@@H]1[C@@H]2CC[C@]2(C)CCC[C@@H]12. The predicted octanol–water partition coefficient (Wildman–Crippen LogP) is 7.67. The Morgan fingerprint density at radius 1 is 1.09 bits per heavy atom. The highest BCUT2D eigenvalue weighted by Gasteiger charge is 2.50. The first-order chi connectivity index (χ1) is 16.3. The molecule has 5 rings (SSSR count). The molecular weight excluding hydrogens is 425 g/mol. The van der Waals surface area contributed by atoms with Gasteiger partial charge in [0.25, 0.3) is 0 Å². The third-order valence-corrected chi connectivity index (χ3v) is 9.45. The molecule has 3 nitrogen and oxygen atoms in total. The Hall–Kier alpha value is -2.07. The molecule has 4 heteroatoms. The van der Waals surface area contributed by atoms with Crippen molar-refractivity contribution in [3.05, 3.63) is 47.5 Å². The van der Waals surface area contributed by atoms with Gasteiger partial charge in [0.15, 0.2) is 0 Å². The van der Waals surface area contributed by atoms with Crippen molar-refractivity contribution in [1.29, 1.82) is 0 Å². The van der Waals surface area contributed by atoms with Gasteiger partial charge in [-0.3, -0.25) is 0 Å². The Morgan fingerprint density at radius 3 is 2.62 bits per heavy atom. The van der Waals surface area contributed by atoms with Crippen LogP contribution < -0.4 is 4.74 Å². The molecule has 2 saturated carbocycles. The summed E-state index contributed by atoms with van der Waals surface area (Å²) >= 11 is 0. The maximum absolute atomic E-state index is 15.6. The lowest BCUT2D eigenvalue weighted by Crippen LogP contribution is -2.47. The largest absolute Gasteiger partial charge is 0.507 e. The number of fused-ring (bicyclic) bond motifs is 5. The molecule has 0 saturated heterocycles. The summed E-state index contributed by atoms with van der Waals surface area (Å²) in [5.41, 5.74) is 4.78. The lowest BCUT2D eigenvalue weighted by Gasteiger charge is -2.49. The van der Waals surface area contributed by atoms with E-state index in [1.54, 1.807) is 4.90 Å². The fourth-order valence-corrected chi connectivity index (χ4v) is 7.76. The minimum absolute atomic E-state index is 0.262. The van der Waals surface area contributed by atoms with Gasteiger partial charge in [0.2, 0.25) is 0 Å². The lowest BCUT2D eigenvalue weighted by atomic mass is 9.55. The second-order valence-electron chi connectivity index (χ2n) is 11.2. The van der Waals surface area contributed by atoms with E-state index in [-0.39, 0.29) is 5.75 Å². The highest BCUT2D eigenvalue weighted by Crippen LogP contribution is 2.61. The van der Waals surface area contributed by atoms with Crippen LogP contribution in [0.1, 0.15) is 83.3 Å². The van der Waals surface area contributed by atoms with E-state index in [0.29, 0.717) is 30.2 Å². The number of aromatic hydroxyl groups is 1. The molecule has 0 aromatic heterocycles. The van der Waals surface area contributed by atoms with Crippen LogP contribution in [0.25, 0.3) is 11.1 Å². The molecule has 5 atom stereocenters. The first kappa shape index (κ1) is 23.7. The molecule has 34 heavy (non-hydrogen) atoms. The number of hydrogen-bond acceptors (Lipinski definition) is 3. The molecule has 0 amide bonds. The third-order valence-electron chi connectivity index (χ3n) is 9.45. The second-order valence-corrected chi connectivity index (χ2v) is 11.2. The van der Waals surface area contributed by atoms with E-state index in [2.05, 4.69) is 13.0 Å². The van der Waals surface area contributed by atoms with Crippen LogP contribution in [0.4, 0.5) is 4.39 Å². The molecule has 0 spiro atoms. The molecule has 1 N–H and O–H groups in total. The zero-order chi connectivity index (χ0) is 24.1. The fourth-order valence-electron chi connectivity index (χ4n) is 7.76. The summed E-state index contributed by atoms with van der Waals surface area (Å²) in [6.07, 6.45) is 8.80. The average Bonchev–Trinajstić information content (AvgIpc) is 3.21. The molecule has 0 radical (unpaired) electrons. The van der Waals surface area contributed by atoms with Crippen LogP contribution in [0.15, 0.2) is 36.4 Å². The van der Waals surface area contributed by atoms with E-state index in [4.69, 9.17) is 4.74 Å². The minimum atomic E-state index is -1.93. The number of nitrogens with zero attached hydrogens (tertiary/aromatic N) is 1. The normalized spacial score (nSPS) is 29.8. The Labute approximate surface area is 204 Å². The molecule has 3 aliphatic carbocycles. The average molecular weight is 466 g/mol. The van der Waals surface area contributed by atoms with Gasteiger partial charge in [0, 0.05) is 31.1 Å². The van der Waals surface area contributed by atoms with Crippen molar-refractivity contribution in [3.8, 4) is 22.6 Å². The van der Waals surface area contributed by atoms with Crippen LogP contribution >= 0.6 is 0 Å². The number of phenols is 1. The molecule has 3 aliphatic rings. The van der Waals surface area contributed by atoms with Crippen LogP contribution in [0.2, 0.25) is 0 Å². The highest BCUT2D eigenvalue weighted by molar-refractivity contribution is 5.80. The van der Waals surface area contributed by atoms with Gasteiger partial charge in [-0.1, -0.05) is 51.5 Å². The van der Waals surface area contributed by atoms with E-state index < -0.39 is 5.98 Å². The lowest BCUT2D eigenvalue weighted by molar-refractivity contribution is -0.169. The van der Waals surface area contributed by atoms with Crippen molar-refractivity contribution in [2.45, 2.75) is 84.5 Å². The summed E-state index contributed by atoms with van der Waals surface area (Å²) in [5.74, 6) is 0.957. The fraction of sp³-hybridized carbons (Fsp3) is 0.600. The van der Waals surface area contributed by atoms with Crippen molar-refractivity contribution < 1.29 is 14.2 Å². The van der Waals surface area contributed by atoms with E-state index >= 15 is 4.39 Å². The maximum Gasteiger partial charge on any atom is 0.307 e. The standard InChI is InChI=1S/C30H40FNO2/c1-5-32(6-2)30(4,31)34-27-12-8-7-10-24(27)28-23-14-13-22-21(20(23)15-16-26(28)33)17-19-29(3)18-9-11-25(22)29/h7-8,10,12,15-16,21-22,25,33H,5-6,9,11,13-14,17-19H2,1-4H3/t21-,22-,25+,29+,30?/m1/s1. The first-order valence-electron chi connectivity index (χ1n) is 13.4. The molecule has 1 unspecified atom stereocenters. The van der Waals surface area contributed by atoms with Crippen LogP contribution in [-0.2, 0) is 6.42 Å². The van der Waals surface area contributed by atoms with E-state index in [1.165, 1.54) is 56.6 Å². The Bertz CT molecular complexity index is 1050. The number of hydrogen-bond donors (Lipinski definition) is 1. The molecule has 0 bridgehead atoms. The summed E-state index contributed by atoms with van der Waals surface area (Å²) in [6.45, 7) is 8.98. The third kappa shape index (κ3) is 3.82. The number of halogens is 1. The quantitative estimate of drug-likeness (QED) is 0.351. The van der Waals surface area contributed by atoms with Crippen molar-refractivity contribution in [3.63, 3.8) is 0 Å². The number of benzene rings is 2. The van der Waals surface area contributed by atoms with Gasteiger partial charge in [-0.2, -0.15) is 4.39 Å². The van der Waals surface area contributed by atoms with Crippen molar-refractivity contribution in [2.24, 2.45) is 17.3 Å². The minimum Gasteiger partial charge on any atom is -0.507 e. The summed E-state index contributed by atoms with van der Waals surface area (Å²) in [7, 11) is 0. The summed E-state index contributed by atoms with van der Waals surface area (Å²) in [6, 6.07) is 11.6. The maximum atomic E-state index is 15.6. The monoisotopic (exact) mass is 465 g/mol. The summed E-state index contributed by atoms with van der Waals surface area (Å²) < 4.78 is 21.6. The molecular formula is C30H40FNO2. The zero-order valence-electron chi connectivity index (χ0n) is 21.2. The molecule has 2 aromatic carbocycles. The van der Waals surface area contributed by atoms with Crippen molar-refractivity contribution >= 4 is 0 Å². The summed E-state index contributed by atoms with van der Waals surface area (Å²) in [5, 5.41) is 11.1. The van der Waals surface area contributed by atoms with Crippen LogP contribution in [0.5, 0.6) is 11.5 Å². The van der Waals surface area contributed by atoms with Gasteiger partial charge >= 0.3 is 5.98 Å². The van der Waals surface area contributed by atoms with E-state index in [9.17, 15) is 5.11 Å². The van der Waals surface area contributed by atoms with Gasteiger partial charge in [-0.05, 0) is 85.0 Å². The van der Waals surface area contributed by atoms with Gasteiger partial charge < -0.3 is 9.84 Å². The highest BCUT2D eigenvalue weighted by atomic mass is 19.2. The Morgan fingerprint density at radius 2 is 1.85 bits per heavy atom. The number of phenolic OH excluding ortho intramolecular Hbond substituents is 1. The number of rotatable bonds is 6. The van der Waals surface area contributed by atoms with E-state index in [1.807, 2.05) is 44.2 Å². The molecule has 184 valence electrons. The Kier molecular flexibility index (Phi) is 6.16. The van der Waals surface area contributed by atoms with Gasteiger partial charge in [-0.25, -0.2) is 4.90 Å².